The van der Waals surface area contributed by atoms with Crippen molar-refractivity contribution >= 4 is 23.2 Å². The lowest BCUT2D eigenvalue weighted by Crippen LogP contribution is -2.23. The molecule has 0 bridgehead atoms. The van der Waals surface area contributed by atoms with E-state index in [9.17, 15) is 9.59 Å². The molecule has 6 heteroatoms. The van der Waals surface area contributed by atoms with Gasteiger partial charge in [0, 0.05) is 17.8 Å². The van der Waals surface area contributed by atoms with E-state index in [-0.39, 0.29) is 18.4 Å². The van der Waals surface area contributed by atoms with Gasteiger partial charge in [-0.1, -0.05) is 55.8 Å². The molecule has 0 saturated heterocycles. The van der Waals surface area contributed by atoms with Gasteiger partial charge in [0.2, 0.25) is 5.91 Å². The minimum Gasteiger partial charge on any atom is -0.491 e. The average molecular weight is 432 g/mol. The van der Waals surface area contributed by atoms with Gasteiger partial charge in [0.05, 0.1) is 18.8 Å². The van der Waals surface area contributed by atoms with Crippen LogP contribution in [0.3, 0.4) is 0 Å². The Kier molecular flexibility index (Phi) is 8.69. The van der Waals surface area contributed by atoms with Gasteiger partial charge in [0.15, 0.2) is 0 Å². The Hall–Kier alpha value is -3.80. The molecule has 166 valence electrons. The van der Waals surface area contributed by atoms with Gasteiger partial charge in [0.1, 0.15) is 5.75 Å². The molecule has 3 rings (SSSR count). The number of nitrogens with one attached hydrogen (secondary N) is 3. The summed E-state index contributed by atoms with van der Waals surface area (Å²) in [6, 6.07) is 24.1. The maximum Gasteiger partial charge on any atom is 0.251 e. The molecule has 0 spiro atoms. The highest BCUT2D eigenvalue weighted by Crippen LogP contribution is 2.23. The van der Waals surface area contributed by atoms with Gasteiger partial charge in [0.25, 0.3) is 5.91 Å². The Bertz CT molecular complexity index is 1000. The fourth-order valence-electron chi connectivity index (χ4n) is 3.03. The predicted molar refractivity (Wildman–Crippen MR) is 128 cm³/mol. The second kappa shape index (κ2) is 12.2. The molecule has 2 amide bonds. The van der Waals surface area contributed by atoms with Crippen molar-refractivity contribution in [2.24, 2.45) is 0 Å². The highest BCUT2D eigenvalue weighted by molar-refractivity contribution is 5.96. The molecule has 6 nitrogen and oxygen atoms in total. The number of hydrogen-bond acceptors (Lipinski definition) is 4. The molecule has 0 aromatic heterocycles. The lowest BCUT2D eigenvalue weighted by molar-refractivity contribution is -0.114. The minimum atomic E-state index is -0.186. The molecule has 0 heterocycles. The summed E-state index contributed by atoms with van der Waals surface area (Å²) >= 11 is 0. The fourth-order valence-corrected chi connectivity index (χ4v) is 3.03. The van der Waals surface area contributed by atoms with Crippen LogP contribution in [0.15, 0.2) is 78.9 Å². The first-order chi connectivity index (χ1) is 15.7. The van der Waals surface area contributed by atoms with Gasteiger partial charge in [-0.05, 0) is 48.4 Å². The van der Waals surface area contributed by atoms with E-state index in [1.54, 1.807) is 24.3 Å². The fraction of sp³-hybridized carbons (Fsp3) is 0.231. The number of para-hydroxylation sites is 2. The number of rotatable bonds is 11. The predicted octanol–water partition coefficient (Wildman–Crippen LogP) is 4.85. The van der Waals surface area contributed by atoms with Crippen LogP contribution in [0, 0.1) is 0 Å². The normalized spacial score (nSPS) is 10.3. The lowest BCUT2D eigenvalue weighted by Gasteiger charge is -2.13. The van der Waals surface area contributed by atoms with Crippen LogP contribution in [-0.2, 0) is 11.3 Å². The van der Waals surface area contributed by atoms with E-state index in [4.69, 9.17) is 4.74 Å². The van der Waals surface area contributed by atoms with Crippen LogP contribution in [0.5, 0.6) is 5.75 Å². The number of carbonyl (C=O) groups excluding carboxylic acids is 2. The van der Waals surface area contributed by atoms with Crippen molar-refractivity contribution < 1.29 is 14.3 Å². The molecule has 3 N–H and O–H groups in total. The van der Waals surface area contributed by atoms with E-state index in [0.717, 1.165) is 29.8 Å². The van der Waals surface area contributed by atoms with Crippen LogP contribution in [0.1, 0.15) is 35.7 Å². The zero-order valence-corrected chi connectivity index (χ0v) is 18.3. The molecule has 32 heavy (non-hydrogen) atoms. The standard InChI is InChI=1S/C26H29N3O3/c1-2-3-17-32-24-12-8-7-11-23(24)27-19-25(30)29-22-15-13-21(14-16-22)26(31)28-18-20-9-5-4-6-10-20/h4-16,27H,2-3,17-19H2,1H3,(H,28,31)(H,29,30). The summed E-state index contributed by atoms with van der Waals surface area (Å²) in [6.45, 7) is 3.33. The minimum absolute atomic E-state index is 0.105. The summed E-state index contributed by atoms with van der Waals surface area (Å²) in [5.74, 6) is 0.391. The summed E-state index contributed by atoms with van der Waals surface area (Å²) in [7, 11) is 0. The maximum atomic E-state index is 12.3. The van der Waals surface area contributed by atoms with Crippen molar-refractivity contribution in [3.8, 4) is 5.75 Å². The van der Waals surface area contributed by atoms with Gasteiger partial charge < -0.3 is 20.7 Å². The van der Waals surface area contributed by atoms with E-state index in [0.29, 0.717) is 24.4 Å². The van der Waals surface area contributed by atoms with Gasteiger partial charge in [-0.15, -0.1) is 0 Å². The molecule has 0 fully saturated rings. The molecule has 3 aromatic carbocycles. The Labute approximate surface area is 189 Å². The molecule has 0 atom stereocenters. The number of unbranched alkanes of at least 4 members (excludes halogenated alkanes) is 1. The average Bonchev–Trinajstić information content (AvgIpc) is 2.83. The monoisotopic (exact) mass is 431 g/mol. The second-order valence-corrected chi connectivity index (χ2v) is 7.35. The largest absolute Gasteiger partial charge is 0.491 e. The summed E-state index contributed by atoms with van der Waals surface area (Å²) in [5, 5.41) is 8.84. The number of anilines is 2. The zero-order chi connectivity index (χ0) is 22.6. The van der Waals surface area contributed by atoms with Gasteiger partial charge in [-0.3, -0.25) is 9.59 Å². The van der Waals surface area contributed by atoms with Crippen LogP contribution >= 0.6 is 0 Å². The van der Waals surface area contributed by atoms with Crippen molar-refractivity contribution in [1.82, 2.24) is 5.32 Å². The van der Waals surface area contributed by atoms with E-state index in [1.807, 2.05) is 54.6 Å². The van der Waals surface area contributed by atoms with Crippen molar-refractivity contribution in [3.05, 3.63) is 90.0 Å². The van der Waals surface area contributed by atoms with E-state index < -0.39 is 0 Å². The first kappa shape index (κ1) is 22.9. The van der Waals surface area contributed by atoms with Crippen LogP contribution in [-0.4, -0.2) is 25.0 Å². The third-order valence-corrected chi connectivity index (χ3v) is 4.81. The van der Waals surface area contributed by atoms with Crippen LogP contribution in [0.4, 0.5) is 11.4 Å². The Balaban J connectivity index is 1.47. The SMILES string of the molecule is CCCCOc1ccccc1NCC(=O)Nc1ccc(C(=O)NCc2ccccc2)cc1. The molecule has 0 radical (unpaired) electrons. The second-order valence-electron chi connectivity index (χ2n) is 7.35. The molecular formula is C26H29N3O3. The van der Waals surface area contributed by atoms with Crippen LogP contribution in [0.2, 0.25) is 0 Å². The number of ether oxygens (including phenoxy) is 1. The van der Waals surface area contributed by atoms with Gasteiger partial charge >= 0.3 is 0 Å². The molecule has 0 saturated carbocycles. The third kappa shape index (κ3) is 7.16. The van der Waals surface area contributed by atoms with Crippen molar-refractivity contribution in [3.63, 3.8) is 0 Å². The van der Waals surface area contributed by atoms with Gasteiger partial charge in [-0.2, -0.15) is 0 Å². The Morgan fingerprint density at radius 3 is 2.34 bits per heavy atom. The van der Waals surface area contributed by atoms with Crippen LogP contribution < -0.4 is 20.7 Å². The molecule has 0 aliphatic heterocycles. The Morgan fingerprint density at radius 2 is 1.59 bits per heavy atom. The van der Waals surface area contributed by atoms with Crippen LogP contribution in [0.25, 0.3) is 0 Å². The van der Waals surface area contributed by atoms with Crippen molar-refractivity contribution in [2.75, 3.05) is 23.8 Å². The number of benzene rings is 3. The van der Waals surface area contributed by atoms with E-state index in [2.05, 4.69) is 22.9 Å². The molecule has 0 unspecified atom stereocenters. The summed E-state index contributed by atoms with van der Waals surface area (Å²) in [5.41, 5.74) is 2.98. The van der Waals surface area contributed by atoms with Gasteiger partial charge in [-0.25, -0.2) is 0 Å². The highest BCUT2D eigenvalue weighted by atomic mass is 16.5. The quantitative estimate of drug-likeness (QED) is 0.379. The number of carbonyl (C=O) groups is 2. The summed E-state index contributed by atoms with van der Waals surface area (Å²) in [6.07, 6.45) is 2.04. The highest BCUT2D eigenvalue weighted by Gasteiger charge is 2.08. The number of amides is 2. The number of hydrogen-bond donors (Lipinski definition) is 3. The zero-order valence-electron chi connectivity index (χ0n) is 18.3. The molecule has 0 aliphatic rings. The Morgan fingerprint density at radius 1 is 0.875 bits per heavy atom. The molecule has 0 aliphatic carbocycles. The molecule has 3 aromatic rings. The third-order valence-electron chi connectivity index (χ3n) is 4.81. The van der Waals surface area contributed by atoms with Crippen molar-refractivity contribution in [1.29, 1.82) is 0 Å². The first-order valence-electron chi connectivity index (χ1n) is 10.8. The first-order valence-corrected chi connectivity index (χ1v) is 10.8. The van der Waals surface area contributed by atoms with E-state index in [1.165, 1.54) is 0 Å². The smallest absolute Gasteiger partial charge is 0.251 e. The van der Waals surface area contributed by atoms with E-state index >= 15 is 0 Å². The summed E-state index contributed by atoms with van der Waals surface area (Å²) in [4.78, 5) is 24.7. The summed E-state index contributed by atoms with van der Waals surface area (Å²) < 4.78 is 5.78. The maximum absolute atomic E-state index is 12.3. The molecular weight excluding hydrogens is 402 g/mol. The van der Waals surface area contributed by atoms with Crippen molar-refractivity contribution in [2.45, 2.75) is 26.3 Å². The topological polar surface area (TPSA) is 79.5 Å². The lowest BCUT2D eigenvalue weighted by atomic mass is 10.1.